The minimum Gasteiger partial charge on any atom is -0.317 e. The van der Waals surface area contributed by atoms with E-state index < -0.39 is 16.7 Å². The van der Waals surface area contributed by atoms with E-state index in [1.807, 2.05) is 0 Å². The fraction of sp³-hybridized carbons (Fsp3) is 0. The maximum atomic E-state index is 12.8. The topological polar surface area (TPSA) is 97.5 Å². The number of hydrogen-bond acceptors (Lipinski definition) is 4. The molecule has 3 aromatic rings. The molecule has 0 aliphatic carbocycles. The van der Waals surface area contributed by atoms with Crippen molar-refractivity contribution in [3.8, 4) is 5.69 Å². The Kier molecular flexibility index (Phi) is 5.03. The smallest absolute Gasteiger partial charge is 0.282 e. The first-order valence-corrected chi connectivity index (χ1v) is 9.34. The molecule has 2 heterocycles. The van der Waals surface area contributed by atoms with Crippen LogP contribution in [0.2, 0.25) is 10.0 Å². The van der Waals surface area contributed by atoms with Gasteiger partial charge in [0, 0.05) is 34.1 Å². The van der Waals surface area contributed by atoms with Gasteiger partial charge in [0.15, 0.2) is 0 Å². The quantitative estimate of drug-likeness (QED) is 0.284. The summed E-state index contributed by atoms with van der Waals surface area (Å²) in [5.74, 6) is -1.17. The van der Waals surface area contributed by atoms with Crippen LogP contribution in [0.4, 0.5) is 11.4 Å². The molecule has 0 bridgehead atoms. The number of anilines is 1. The van der Waals surface area contributed by atoms with Crippen molar-refractivity contribution in [2.45, 2.75) is 0 Å². The number of non-ortho nitro benzene ring substituents is 1. The number of hydrazine groups is 1. The molecule has 0 radical (unpaired) electrons. The average Bonchev–Trinajstić information content (AvgIpc) is 3.27. The van der Waals surface area contributed by atoms with Crippen LogP contribution in [0.3, 0.4) is 0 Å². The second-order valence-electron chi connectivity index (χ2n) is 6.35. The molecule has 2 aromatic carbocycles. The largest absolute Gasteiger partial charge is 0.317 e. The molecule has 0 unspecified atom stereocenters. The lowest BCUT2D eigenvalue weighted by Gasteiger charge is -2.15. The number of amides is 2. The van der Waals surface area contributed by atoms with Crippen LogP contribution < -0.4 is 10.4 Å². The van der Waals surface area contributed by atoms with Gasteiger partial charge in [-0.1, -0.05) is 29.3 Å². The Bertz CT molecular complexity index is 1210. The van der Waals surface area contributed by atoms with E-state index in [9.17, 15) is 19.7 Å². The summed E-state index contributed by atoms with van der Waals surface area (Å²) in [5.41, 5.74) is 3.65. The predicted octanol–water partition coefficient (Wildman–Crippen LogP) is 4.15. The normalized spacial score (nSPS) is 15.0. The summed E-state index contributed by atoms with van der Waals surface area (Å²) in [4.78, 5) is 35.9. The first-order valence-electron chi connectivity index (χ1n) is 8.59. The van der Waals surface area contributed by atoms with Gasteiger partial charge in [0.2, 0.25) is 0 Å². The monoisotopic (exact) mass is 442 g/mol. The minimum absolute atomic E-state index is 0.0708. The van der Waals surface area contributed by atoms with E-state index in [1.54, 1.807) is 35.0 Å². The van der Waals surface area contributed by atoms with Crippen LogP contribution in [0.5, 0.6) is 0 Å². The minimum atomic E-state index is -0.595. The summed E-state index contributed by atoms with van der Waals surface area (Å²) in [5, 5.41) is 12.7. The van der Waals surface area contributed by atoms with Gasteiger partial charge in [-0.15, -0.1) is 0 Å². The molecule has 0 atom stereocenters. The summed E-state index contributed by atoms with van der Waals surface area (Å²) in [6, 6.07) is 13.9. The highest BCUT2D eigenvalue weighted by Crippen LogP contribution is 2.28. The van der Waals surface area contributed by atoms with Gasteiger partial charge < -0.3 is 4.57 Å². The summed E-state index contributed by atoms with van der Waals surface area (Å²) in [6.07, 6.45) is 3.10. The number of carbonyl (C=O) groups excluding carboxylic acids is 2. The zero-order valence-corrected chi connectivity index (χ0v) is 16.6. The van der Waals surface area contributed by atoms with Crippen molar-refractivity contribution in [2.75, 3.05) is 5.01 Å². The third kappa shape index (κ3) is 3.66. The Hall–Kier alpha value is -3.62. The van der Waals surface area contributed by atoms with Crippen molar-refractivity contribution in [1.29, 1.82) is 0 Å². The number of benzene rings is 2. The van der Waals surface area contributed by atoms with Crippen LogP contribution in [-0.2, 0) is 9.59 Å². The van der Waals surface area contributed by atoms with Gasteiger partial charge in [-0.25, -0.2) is 5.01 Å². The van der Waals surface area contributed by atoms with E-state index in [0.29, 0.717) is 27.1 Å². The lowest BCUT2D eigenvalue weighted by atomic mass is 10.2. The van der Waals surface area contributed by atoms with E-state index in [2.05, 4.69) is 5.43 Å². The van der Waals surface area contributed by atoms with E-state index in [-0.39, 0.29) is 11.3 Å². The van der Waals surface area contributed by atoms with Crippen LogP contribution in [0, 0.1) is 10.1 Å². The highest BCUT2D eigenvalue weighted by Gasteiger charge is 2.35. The molecular weight excluding hydrogens is 431 g/mol. The fourth-order valence-electron chi connectivity index (χ4n) is 3.06. The molecule has 150 valence electrons. The molecule has 30 heavy (non-hydrogen) atoms. The molecule has 4 rings (SSSR count). The fourth-order valence-corrected chi connectivity index (χ4v) is 3.57. The molecule has 8 nitrogen and oxygen atoms in total. The van der Waals surface area contributed by atoms with Gasteiger partial charge in [-0.2, -0.15) is 0 Å². The van der Waals surface area contributed by atoms with E-state index in [4.69, 9.17) is 23.2 Å². The highest BCUT2D eigenvalue weighted by molar-refractivity contribution is 6.36. The standard InChI is InChI=1S/C20H12Cl2N4O4/c21-12-7-13(22)9-17(8-12)25-20(28)18(19(27)23-25)11-15-5-2-6-24(15)14-3-1-4-16(10-14)26(29)30/h1-11H,(H,23,27). The molecule has 10 heteroatoms. The molecule has 0 saturated carbocycles. The second kappa shape index (κ2) is 7.66. The van der Waals surface area contributed by atoms with E-state index >= 15 is 0 Å². The number of nitrogens with zero attached hydrogens (tertiary/aromatic N) is 3. The lowest BCUT2D eigenvalue weighted by Crippen LogP contribution is -2.35. The molecule has 1 aliphatic rings. The maximum absolute atomic E-state index is 12.8. The van der Waals surface area contributed by atoms with Crippen LogP contribution >= 0.6 is 23.2 Å². The SMILES string of the molecule is O=C1NN(c2cc(Cl)cc(Cl)c2)C(=O)C1=Cc1cccn1-c1cccc([N+](=O)[O-])c1. The number of halogens is 2. The third-order valence-electron chi connectivity index (χ3n) is 4.39. The first kappa shape index (κ1) is 19.7. The number of hydrogen-bond donors (Lipinski definition) is 1. The zero-order chi connectivity index (χ0) is 21.4. The van der Waals surface area contributed by atoms with Crippen molar-refractivity contribution in [1.82, 2.24) is 9.99 Å². The van der Waals surface area contributed by atoms with Gasteiger partial charge in [0.05, 0.1) is 16.3 Å². The number of nitro benzene ring substituents is 1. The highest BCUT2D eigenvalue weighted by atomic mass is 35.5. The number of aromatic nitrogens is 1. The van der Waals surface area contributed by atoms with Crippen LogP contribution in [-0.4, -0.2) is 21.3 Å². The summed E-state index contributed by atoms with van der Waals surface area (Å²) < 4.78 is 1.64. The number of nitro groups is 1. The van der Waals surface area contributed by atoms with E-state index in [1.165, 1.54) is 36.4 Å². The maximum Gasteiger partial charge on any atom is 0.282 e. The molecule has 0 spiro atoms. The third-order valence-corrected chi connectivity index (χ3v) is 4.82. The Morgan fingerprint density at radius 2 is 1.70 bits per heavy atom. The van der Waals surface area contributed by atoms with Crippen molar-refractivity contribution in [3.05, 3.63) is 92.2 Å². The van der Waals surface area contributed by atoms with Crippen molar-refractivity contribution in [2.24, 2.45) is 0 Å². The van der Waals surface area contributed by atoms with Gasteiger partial charge in [-0.3, -0.25) is 25.1 Å². The zero-order valence-electron chi connectivity index (χ0n) is 15.1. The van der Waals surface area contributed by atoms with Crippen LogP contribution in [0.1, 0.15) is 5.69 Å². The molecular formula is C20H12Cl2N4O4. The Labute approximate surface area is 180 Å². The lowest BCUT2D eigenvalue weighted by molar-refractivity contribution is -0.384. The number of rotatable bonds is 4. The Balaban J connectivity index is 1.70. The predicted molar refractivity (Wildman–Crippen MR) is 112 cm³/mol. The van der Waals surface area contributed by atoms with Crippen molar-refractivity contribution in [3.63, 3.8) is 0 Å². The average molecular weight is 443 g/mol. The van der Waals surface area contributed by atoms with E-state index in [0.717, 1.165) is 5.01 Å². The second-order valence-corrected chi connectivity index (χ2v) is 7.22. The number of nitrogens with one attached hydrogen (secondary N) is 1. The first-order chi connectivity index (χ1) is 14.3. The van der Waals surface area contributed by atoms with Crippen LogP contribution in [0.15, 0.2) is 66.4 Å². The summed E-state index contributed by atoms with van der Waals surface area (Å²) >= 11 is 12.0. The van der Waals surface area contributed by atoms with Gasteiger partial charge in [-0.05, 0) is 42.5 Å². The van der Waals surface area contributed by atoms with Gasteiger partial charge in [0.25, 0.3) is 17.5 Å². The Morgan fingerprint density at radius 3 is 2.40 bits per heavy atom. The summed E-state index contributed by atoms with van der Waals surface area (Å²) in [6.45, 7) is 0. The van der Waals surface area contributed by atoms with Crippen molar-refractivity contribution < 1.29 is 14.5 Å². The molecule has 1 aliphatic heterocycles. The Morgan fingerprint density at radius 1 is 0.967 bits per heavy atom. The molecule has 1 fully saturated rings. The van der Waals surface area contributed by atoms with Gasteiger partial charge in [0.1, 0.15) is 5.57 Å². The summed E-state index contributed by atoms with van der Waals surface area (Å²) in [7, 11) is 0. The molecule has 1 N–H and O–H groups in total. The molecule has 1 saturated heterocycles. The molecule has 1 aromatic heterocycles. The number of carbonyl (C=O) groups is 2. The van der Waals surface area contributed by atoms with Crippen LogP contribution in [0.25, 0.3) is 11.8 Å². The molecule has 2 amide bonds. The van der Waals surface area contributed by atoms with Crippen molar-refractivity contribution >= 4 is 52.5 Å². The van der Waals surface area contributed by atoms with Gasteiger partial charge >= 0.3 is 0 Å².